The lowest BCUT2D eigenvalue weighted by Crippen LogP contribution is -2.32. The van der Waals surface area contributed by atoms with E-state index in [1.165, 1.54) is 6.08 Å². The molecule has 0 atom stereocenters. The third-order valence-corrected chi connectivity index (χ3v) is 6.36. The number of hydrogen-bond acceptors (Lipinski definition) is 6. The summed E-state index contributed by atoms with van der Waals surface area (Å²) in [5.41, 5.74) is 4.50. The van der Waals surface area contributed by atoms with Crippen molar-refractivity contribution in [3.05, 3.63) is 93.9 Å². The molecule has 0 radical (unpaired) electrons. The first kappa shape index (κ1) is 24.9. The van der Waals surface area contributed by atoms with Crippen molar-refractivity contribution in [2.75, 3.05) is 5.32 Å². The summed E-state index contributed by atoms with van der Waals surface area (Å²) in [4.78, 5) is 21.0. The summed E-state index contributed by atoms with van der Waals surface area (Å²) >= 11 is 14.9. The van der Waals surface area contributed by atoms with Gasteiger partial charge in [0.05, 0.1) is 5.56 Å². The average Bonchev–Trinajstić information content (AvgIpc) is 3.51. The number of thiocarbonyl (C=S) groups is 1. The molecule has 2 aromatic carbocycles. The molecule has 2 N–H and O–H groups in total. The van der Waals surface area contributed by atoms with Crippen LogP contribution in [0.3, 0.4) is 0 Å². The monoisotopic (exact) mass is 592 g/mol. The Labute approximate surface area is 230 Å². The van der Waals surface area contributed by atoms with Crippen molar-refractivity contribution in [1.29, 1.82) is 0 Å². The number of anilines is 1. The number of pyridine rings is 1. The van der Waals surface area contributed by atoms with Gasteiger partial charge in [0.1, 0.15) is 17.0 Å². The number of nitrogens with zero attached hydrogens (tertiary/aromatic N) is 2. The maximum atomic E-state index is 12.4. The predicted octanol–water partition coefficient (Wildman–Crippen LogP) is 7.40. The minimum absolute atomic E-state index is 0.142. The highest BCUT2D eigenvalue weighted by Gasteiger charge is 2.11. The van der Waals surface area contributed by atoms with E-state index in [-0.39, 0.29) is 5.11 Å². The van der Waals surface area contributed by atoms with Gasteiger partial charge in [0.25, 0.3) is 0 Å². The van der Waals surface area contributed by atoms with Crippen molar-refractivity contribution in [2.45, 2.75) is 6.92 Å². The number of rotatable bonds is 5. The molecule has 5 aromatic rings. The van der Waals surface area contributed by atoms with E-state index in [1.807, 2.05) is 37.3 Å². The highest BCUT2D eigenvalue weighted by atomic mass is 79.9. The molecule has 3 aromatic heterocycles. The molecule has 0 saturated carbocycles. The van der Waals surface area contributed by atoms with Crippen LogP contribution in [0, 0.1) is 6.92 Å². The zero-order valence-corrected chi connectivity index (χ0v) is 22.4. The third-order valence-electron chi connectivity index (χ3n) is 5.32. The van der Waals surface area contributed by atoms with Crippen molar-refractivity contribution in [2.24, 2.45) is 0 Å². The number of nitrogens with one attached hydrogen (secondary N) is 2. The molecule has 10 heteroatoms. The molecule has 0 saturated heterocycles. The highest BCUT2D eigenvalue weighted by molar-refractivity contribution is 9.10. The first-order valence-electron chi connectivity index (χ1n) is 11.0. The molecule has 37 heavy (non-hydrogen) atoms. The van der Waals surface area contributed by atoms with Gasteiger partial charge in [0, 0.05) is 39.2 Å². The van der Waals surface area contributed by atoms with Gasteiger partial charge >= 0.3 is 0 Å². The Bertz CT molecular complexity index is 1680. The van der Waals surface area contributed by atoms with Crippen molar-refractivity contribution in [3.63, 3.8) is 0 Å². The normalized spacial score (nSPS) is 11.2. The summed E-state index contributed by atoms with van der Waals surface area (Å²) in [6.45, 7) is 1.94. The lowest BCUT2D eigenvalue weighted by atomic mass is 10.1. The SMILES string of the molecule is Cc1ccc(-c2ccc(/C=C/C(=O)NC(=S)Nc3ccc4oc(-c5cncc(Br)c5)nc4c3)o2)cc1Cl. The Morgan fingerprint density at radius 1 is 1.05 bits per heavy atom. The molecule has 0 unspecified atom stereocenters. The zero-order chi connectivity index (χ0) is 25.9. The topological polar surface area (TPSA) is 93.2 Å². The number of carbonyl (C=O) groups is 1. The highest BCUT2D eigenvalue weighted by Crippen LogP contribution is 2.28. The Kier molecular flexibility index (Phi) is 7.18. The summed E-state index contributed by atoms with van der Waals surface area (Å²) in [5, 5.41) is 6.40. The lowest BCUT2D eigenvalue weighted by molar-refractivity contribution is -0.115. The minimum Gasteiger partial charge on any atom is -0.457 e. The van der Waals surface area contributed by atoms with Crippen LogP contribution in [0.15, 0.2) is 86.4 Å². The van der Waals surface area contributed by atoms with Crippen LogP contribution < -0.4 is 10.6 Å². The van der Waals surface area contributed by atoms with Gasteiger partial charge in [-0.2, -0.15) is 0 Å². The molecule has 5 rings (SSSR count). The number of oxazole rings is 1. The van der Waals surface area contributed by atoms with E-state index in [0.717, 1.165) is 21.2 Å². The first-order chi connectivity index (χ1) is 17.8. The number of amides is 1. The molecule has 0 aliphatic rings. The molecule has 0 spiro atoms. The number of benzene rings is 2. The number of fused-ring (bicyclic) bond motifs is 1. The maximum Gasteiger partial charge on any atom is 0.250 e. The van der Waals surface area contributed by atoms with Crippen LogP contribution >= 0.6 is 39.7 Å². The second kappa shape index (κ2) is 10.7. The largest absolute Gasteiger partial charge is 0.457 e. The molecule has 0 aliphatic carbocycles. The van der Waals surface area contributed by atoms with Crippen LogP contribution in [0.5, 0.6) is 0 Å². The summed E-state index contributed by atoms with van der Waals surface area (Å²) in [7, 11) is 0. The standard InChI is InChI=1S/C27H18BrClN4O3S/c1-15-2-3-16(11-21(15)29)23-8-5-20(35-23)6-9-25(34)33-27(37)31-19-4-7-24-22(12-19)32-26(36-24)17-10-18(28)14-30-13-17/h2-14H,1H3,(H2,31,33,34,37)/b9-6+. The van der Waals surface area contributed by atoms with E-state index in [2.05, 4.69) is 36.5 Å². The number of hydrogen-bond donors (Lipinski definition) is 2. The third kappa shape index (κ3) is 5.96. The van der Waals surface area contributed by atoms with Crippen LogP contribution in [0.1, 0.15) is 11.3 Å². The molecule has 0 fully saturated rings. The fourth-order valence-corrected chi connectivity index (χ4v) is 4.24. The van der Waals surface area contributed by atoms with Crippen LogP contribution in [0.2, 0.25) is 5.02 Å². The van der Waals surface area contributed by atoms with Crippen molar-refractivity contribution in [3.8, 4) is 22.8 Å². The van der Waals surface area contributed by atoms with E-state index in [1.54, 1.807) is 42.7 Å². The molecular formula is C27H18BrClN4O3S. The Hall–Kier alpha value is -3.79. The number of aryl methyl sites for hydroxylation is 1. The van der Waals surface area contributed by atoms with Crippen LogP contribution in [-0.4, -0.2) is 21.0 Å². The van der Waals surface area contributed by atoms with Crippen LogP contribution in [-0.2, 0) is 4.79 Å². The van der Waals surface area contributed by atoms with Gasteiger partial charge in [0.15, 0.2) is 10.7 Å². The van der Waals surface area contributed by atoms with Gasteiger partial charge < -0.3 is 14.2 Å². The summed E-state index contributed by atoms with van der Waals surface area (Å²) < 4.78 is 12.4. The molecule has 184 valence electrons. The molecular weight excluding hydrogens is 576 g/mol. The predicted molar refractivity (Wildman–Crippen MR) is 152 cm³/mol. The Morgan fingerprint density at radius 2 is 1.92 bits per heavy atom. The van der Waals surface area contributed by atoms with Crippen LogP contribution in [0.25, 0.3) is 40.0 Å². The summed E-state index contributed by atoms with van der Waals surface area (Å²) in [5.74, 6) is 1.23. The number of aromatic nitrogens is 2. The minimum atomic E-state index is -0.402. The van der Waals surface area contributed by atoms with E-state index in [9.17, 15) is 4.79 Å². The fraction of sp³-hybridized carbons (Fsp3) is 0.0370. The van der Waals surface area contributed by atoms with Gasteiger partial charge in [-0.25, -0.2) is 4.98 Å². The summed E-state index contributed by atoms with van der Waals surface area (Å²) in [6, 6.07) is 16.5. The molecule has 1 amide bonds. The second-order valence-corrected chi connectivity index (χ2v) is 9.77. The van der Waals surface area contributed by atoms with Crippen molar-refractivity contribution < 1.29 is 13.6 Å². The second-order valence-electron chi connectivity index (χ2n) is 8.04. The zero-order valence-electron chi connectivity index (χ0n) is 19.3. The Balaban J connectivity index is 1.20. The number of halogens is 2. The first-order valence-corrected chi connectivity index (χ1v) is 12.6. The molecule has 0 aliphatic heterocycles. The lowest BCUT2D eigenvalue weighted by Gasteiger charge is -2.07. The molecule has 0 bridgehead atoms. The smallest absolute Gasteiger partial charge is 0.250 e. The Morgan fingerprint density at radius 3 is 2.73 bits per heavy atom. The van der Waals surface area contributed by atoms with E-state index in [4.69, 9.17) is 32.7 Å². The van der Waals surface area contributed by atoms with Gasteiger partial charge in [0.2, 0.25) is 11.8 Å². The quantitative estimate of drug-likeness (QED) is 0.162. The van der Waals surface area contributed by atoms with Crippen molar-refractivity contribution in [1.82, 2.24) is 15.3 Å². The number of furan rings is 1. The van der Waals surface area contributed by atoms with E-state index < -0.39 is 5.91 Å². The van der Waals surface area contributed by atoms with Crippen LogP contribution in [0.4, 0.5) is 5.69 Å². The van der Waals surface area contributed by atoms with E-state index >= 15 is 0 Å². The van der Waals surface area contributed by atoms with Gasteiger partial charge in [-0.15, -0.1) is 0 Å². The average molecular weight is 594 g/mol. The van der Waals surface area contributed by atoms with Gasteiger partial charge in [-0.05, 0) is 89.2 Å². The van der Waals surface area contributed by atoms with Crippen molar-refractivity contribution >= 4 is 73.6 Å². The van der Waals surface area contributed by atoms with E-state index in [0.29, 0.717) is 39.2 Å². The maximum absolute atomic E-state index is 12.4. The molecule has 3 heterocycles. The number of carbonyl (C=O) groups excluding carboxylic acids is 1. The van der Waals surface area contributed by atoms with Gasteiger partial charge in [-0.3, -0.25) is 15.1 Å². The van der Waals surface area contributed by atoms with Gasteiger partial charge in [-0.1, -0.05) is 23.7 Å². The summed E-state index contributed by atoms with van der Waals surface area (Å²) in [6.07, 6.45) is 6.27. The fourth-order valence-electron chi connectivity index (χ4n) is 3.47. The molecule has 7 nitrogen and oxygen atoms in total.